The molecule has 19 heavy (non-hydrogen) atoms. The van der Waals surface area contributed by atoms with E-state index in [1.807, 2.05) is 43.4 Å². The molecule has 3 heteroatoms. The summed E-state index contributed by atoms with van der Waals surface area (Å²) in [5, 5.41) is 0. The van der Waals surface area contributed by atoms with Gasteiger partial charge in [-0.1, -0.05) is 18.2 Å². The molecule has 0 bridgehead atoms. The van der Waals surface area contributed by atoms with Gasteiger partial charge in [0.1, 0.15) is 5.82 Å². The Hall–Kier alpha value is -2.03. The molecule has 0 fully saturated rings. The van der Waals surface area contributed by atoms with Crippen molar-refractivity contribution in [3.8, 4) is 0 Å². The summed E-state index contributed by atoms with van der Waals surface area (Å²) in [6, 6.07) is 13.1. The molecule has 0 saturated heterocycles. The van der Waals surface area contributed by atoms with Gasteiger partial charge in [-0.2, -0.15) is 0 Å². The summed E-state index contributed by atoms with van der Waals surface area (Å²) in [7, 11) is 2.03. The fraction of sp³-hybridized carbons (Fsp3) is 0.250. The Morgan fingerprint density at radius 1 is 1.16 bits per heavy atom. The van der Waals surface area contributed by atoms with Crippen molar-refractivity contribution in [1.82, 2.24) is 0 Å². The summed E-state index contributed by atoms with van der Waals surface area (Å²) in [4.78, 5) is 2.15. The van der Waals surface area contributed by atoms with Gasteiger partial charge in [-0.15, -0.1) is 0 Å². The maximum atomic E-state index is 13.2. The van der Waals surface area contributed by atoms with Crippen molar-refractivity contribution in [3.63, 3.8) is 0 Å². The molecular weight excluding hydrogens is 239 g/mol. The van der Waals surface area contributed by atoms with Crippen molar-refractivity contribution in [2.75, 3.05) is 24.2 Å². The van der Waals surface area contributed by atoms with Gasteiger partial charge in [-0.3, -0.25) is 0 Å². The summed E-state index contributed by atoms with van der Waals surface area (Å²) in [6.07, 6.45) is 0.881. The zero-order valence-electron chi connectivity index (χ0n) is 11.4. The van der Waals surface area contributed by atoms with Gasteiger partial charge >= 0.3 is 0 Å². The Kier molecular flexibility index (Phi) is 4.05. The fourth-order valence-corrected chi connectivity index (χ4v) is 2.05. The Balaban J connectivity index is 2.00. The van der Waals surface area contributed by atoms with Crippen LogP contribution in [0.25, 0.3) is 0 Å². The van der Waals surface area contributed by atoms with E-state index in [2.05, 4.69) is 4.90 Å². The van der Waals surface area contributed by atoms with Crippen LogP contribution in [0.15, 0.2) is 42.5 Å². The molecule has 2 rings (SSSR count). The maximum Gasteiger partial charge on any atom is 0.126 e. The van der Waals surface area contributed by atoms with Crippen LogP contribution in [0.4, 0.5) is 15.8 Å². The van der Waals surface area contributed by atoms with Gasteiger partial charge in [0.05, 0.1) is 0 Å². The van der Waals surface area contributed by atoms with Crippen molar-refractivity contribution in [3.05, 3.63) is 59.4 Å². The Morgan fingerprint density at radius 2 is 1.95 bits per heavy atom. The SMILES string of the molecule is Cc1cc(CCN(C)c2cccc(N)c2)ccc1F. The third-order valence-corrected chi connectivity index (χ3v) is 3.27. The second-order valence-electron chi connectivity index (χ2n) is 4.85. The van der Waals surface area contributed by atoms with Gasteiger partial charge < -0.3 is 10.6 Å². The topological polar surface area (TPSA) is 29.3 Å². The van der Waals surface area contributed by atoms with E-state index < -0.39 is 0 Å². The first-order chi connectivity index (χ1) is 9.06. The first kappa shape index (κ1) is 13.4. The number of aryl methyl sites for hydroxylation is 1. The Labute approximate surface area is 113 Å². The molecule has 0 aliphatic rings. The Bertz CT molecular complexity index is 566. The molecule has 2 N–H and O–H groups in total. The molecule has 0 aliphatic heterocycles. The average molecular weight is 258 g/mol. The molecule has 0 amide bonds. The van der Waals surface area contributed by atoms with Gasteiger partial charge in [0, 0.05) is 25.0 Å². The highest BCUT2D eigenvalue weighted by Gasteiger charge is 2.03. The minimum atomic E-state index is -0.145. The van der Waals surface area contributed by atoms with Crippen LogP contribution in [0.2, 0.25) is 0 Å². The molecule has 2 aromatic rings. The van der Waals surface area contributed by atoms with Crippen LogP contribution in [-0.2, 0) is 6.42 Å². The minimum Gasteiger partial charge on any atom is -0.399 e. The number of hydrogen-bond acceptors (Lipinski definition) is 2. The number of likely N-dealkylation sites (N-methyl/N-ethyl adjacent to an activating group) is 1. The average Bonchev–Trinajstić information content (AvgIpc) is 2.40. The highest BCUT2D eigenvalue weighted by molar-refractivity contribution is 5.55. The van der Waals surface area contributed by atoms with E-state index in [0.717, 1.165) is 29.9 Å². The van der Waals surface area contributed by atoms with Crippen molar-refractivity contribution in [1.29, 1.82) is 0 Å². The molecule has 0 unspecified atom stereocenters. The highest BCUT2D eigenvalue weighted by atomic mass is 19.1. The minimum absolute atomic E-state index is 0.145. The van der Waals surface area contributed by atoms with Crippen molar-refractivity contribution in [2.45, 2.75) is 13.3 Å². The molecule has 2 aromatic carbocycles. The number of hydrogen-bond donors (Lipinski definition) is 1. The predicted octanol–water partition coefficient (Wildman–Crippen LogP) is 3.40. The second-order valence-corrected chi connectivity index (χ2v) is 4.85. The van der Waals surface area contributed by atoms with Gasteiger partial charge in [0.2, 0.25) is 0 Å². The van der Waals surface area contributed by atoms with E-state index >= 15 is 0 Å². The first-order valence-corrected chi connectivity index (χ1v) is 6.38. The van der Waals surface area contributed by atoms with Crippen LogP contribution in [0.3, 0.4) is 0 Å². The summed E-state index contributed by atoms with van der Waals surface area (Å²) >= 11 is 0. The van der Waals surface area contributed by atoms with Crippen LogP contribution in [0, 0.1) is 12.7 Å². The molecule has 100 valence electrons. The van der Waals surface area contributed by atoms with Gasteiger partial charge in [-0.25, -0.2) is 4.39 Å². The third kappa shape index (κ3) is 3.47. The molecule has 2 nitrogen and oxygen atoms in total. The zero-order valence-corrected chi connectivity index (χ0v) is 11.4. The molecule has 0 heterocycles. The van der Waals surface area contributed by atoms with Crippen LogP contribution in [0.5, 0.6) is 0 Å². The zero-order chi connectivity index (χ0) is 13.8. The van der Waals surface area contributed by atoms with Gasteiger partial charge in [0.25, 0.3) is 0 Å². The van der Waals surface area contributed by atoms with Gasteiger partial charge in [0.15, 0.2) is 0 Å². The highest BCUT2D eigenvalue weighted by Crippen LogP contribution is 2.17. The standard InChI is InChI=1S/C16H19FN2/c1-12-10-13(6-7-16(12)17)8-9-19(2)15-5-3-4-14(18)11-15/h3-7,10-11H,8-9,18H2,1-2H3. The quantitative estimate of drug-likeness (QED) is 0.852. The fourth-order valence-electron chi connectivity index (χ4n) is 2.05. The lowest BCUT2D eigenvalue weighted by Crippen LogP contribution is -2.20. The summed E-state index contributed by atoms with van der Waals surface area (Å²) in [6.45, 7) is 2.66. The summed E-state index contributed by atoms with van der Waals surface area (Å²) in [5.74, 6) is -0.145. The first-order valence-electron chi connectivity index (χ1n) is 6.38. The smallest absolute Gasteiger partial charge is 0.126 e. The summed E-state index contributed by atoms with van der Waals surface area (Å²) < 4.78 is 13.2. The van der Waals surface area contributed by atoms with Crippen LogP contribution in [-0.4, -0.2) is 13.6 Å². The lowest BCUT2D eigenvalue weighted by atomic mass is 10.1. The Morgan fingerprint density at radius 3 is 2.63 bits per heavy atom. The molecule has 0 atom stereocenters. The number of nitrogens with two attached hydrogens (primary N) is 1. The lowest BCUT2D eigenvalue weighted by Gasteiger charge is -2.19. The van der Waals surface area contributed by atoms with Crippen LogP contribution >= 0.6 is 0 Å². The largest absolute Gasteiger partial charge is 0.399 e. The molecule has 0 aliphatic carbocycles. The number of anilines is 2. The molecule has 0 aromatic heterocycles. The normalized spacial score (nSPS) is 10.5. The van der Waals surface area contributed by atoms with Crippen molar-refractivity contribution < 1.29 is 4.39 Å². The van der Waals surface area contributed by atoms with Crippen LogP contribution < -0.4 is 10.6 Å². The summed E-state index contributed by atoms with van der Waals surface area (Å²) in [5.41, 5.74) is 9.48. The third-order valence-electron chi connectivity index (χ3n) is 3.27. The number of benzene rings is 2. The molecule has 0 saturated carbocycles. The molecular formula is C16H19FN2. The monoisotopic (exact) mass is 258 g/mol. The van der Waals surface area contributed by atoms with Crippen molar-refractivity contribution >= 4 is 11.4 Å². The second kappa shape index (κ2) is 5.74. The number of nitrogen functional groups attached to an aromatic ring is 1. The van der Waals surface area contributed by atoms with E-state index in [1.165, 1.54) is 6.07 Å². The van der Waals surface area contributed by atoms with E-state index in [0.29, 0.717) is 5.56 Å². The number of nitrogens with zero attached hydrogens (tertiary/aromatic N) is 1. The van der Waals surface area contributed by atoms with Gasteiger partial charge in [-0.05, 0) is 48.7 Å². The molecule has 0 radical (unpaired) electrons. The maximum absolute atomic E-state index is 13.2. The van der Waals surface area contributed by atoms with E-state index in [1.54, 1.807) is 6.92 Å². The van der Waals surface area contributed by atoms with Crippen LogP contribution in [0.1, 0.15) is 11.1 Å². The van der Waals surface area contributed by atoms with E-state index in [4.69, 9.17) is 5.73 Å². The molecule has 0 spiro atoms. The number of rotatable bonds is 4. The lowest BCUT2D eigenvalue weighted by molar-refractivity contribution is 0.617. The number of halogens is 1. The van der Waals surface area contributed by atoms with Crippen molar-refractivity contribution in [2.24, 2.45) is 0 Å². The van der Waals surface area contributed by atoms with E-state index in [9.17, 15) is 4.39 Å². The van der Waals surface area contributed by atoms with E-state index in [-0.39, 0.29) is 5.82 Å². The predicted molar refractivity (Wildman–Crippen MR) is 79.0 cm³/mol.